The van der Waals surface area contributed by atoms with Crippen LogP contribution in [0.25, 0.3) is 0 Å². The van der Waals surface area contributed by atoms with E-state index < -0.39 is 0 Å². The van der Waals surface area contributed by atoms with Crippen molar-refractivity contribution in [2.45, 2.75) is 66.2 Å². The van der Waals surface area contributed by atoms with Crippen LogP contribution in [0, 0.1) is 0 Å². The first-order chi connectivity index (χ1) is 7.31. The van der Waals surface area contributed by atoms with E-state index in [0.29, 0.717) is 24.1 Å². The van der Waals surface area contributed by atoms with Crippen LogP contribution in [0.2, 0.25) is 0 Å². The van der Waals surface area contributed by atoms with Crippen LogP contribution in [-0.2, 0) is 4.79 Å². The lowest BCUT2D eigenvalue weighted by Gasteiger charge is -2.36. The molecule has 1 amide bonds. The second-order valence-electron chi connectivity index (χ2n) is 4.74. The Bertz CT molecular complexity index is 238. The molecule has 0 aliphatic heterocycles. The van der Waals surface area contributed by atoms with Crippen molar-refractivity contribution in [3.63, 3.8) is 0 Å². The van der Waals surface area contributed by atoms with Gasteiger partial charge in [0.05, 0.1) is 6.17 Å². The SMILES string of the molecule is C=C(CC)C(=O)NC(C)N(C(C)C)C(C)C. The van der Waals surface area contributed by atoms with E-state index in [4.69, 9.17) is 0 Å². The molecule has 94 valence electrons. The Labute approximate surface area is 99.9 Å². The maximum atomic E-state index is 11.7. The first-order valence-electron chi connectivity index (χ1n) is 6.07. The maximum absolute atomic E-state index is 11.7. The molecule has 0 heterocycles. The number of carbonyl (C=O) groups is 1. The second-order valence-corrected chi connectivity index (χ2v) is 4.74. The van der Waals surface area contributed by atoms with Crippen molar-refractivity contribution >= 4 is 5.91 Å². The van der Waals surface area contributed by atoms with Gasteiger partial charge in [-0.3, -0.25) is 9.69 Å². The fraction of sp³-hybridized carbons (Fsp3) is 0.769. The number of carbonyl (C=O) groups excluding carboxylic acids is 1. The van der Waals surface area contributed by atoms with E-state index in [9.17, 15) is 4.79 Å². The molecule has 0 aromatic rings. The Kier molecular flexibility index (Phi) is 6.34. The number of amides is 1. The molecule has 0 spiro atoms. The normalized spacial score (nSPS) is 13.3. The van der Waals surface area contributed by atoms with E-state index >= 15 is 0 Å². The highest BCUT2D eigenvalue weighted by Gasteiger charge is 2.21. The lowest BCUT2D eigenvalue weighted by atomic mass is 10.2. The first kappa shape index (κ1) is 15.2. The van der Waals surface area contributed by atoms with E-state index in [0.717, 1.165) is 0 Å². The van der Waals surface area contributed by atoms with Gasteiger partial charge in [-0.15, -0.1) is 0 Å². The zero-order valence-electron chi connectivity index (χ0n) is 11.5. The molecule has 0 bridgehead atoms. The number of nitrogens with zero attached hydrogens (tertiary/aromatic N) is 1. The van der Waals surface area contributed by atoms with Crippen LogP contribution in [0.15, 0.2) is 12.2 Å². The standard InChI is InChI=1S/C13H26N2O/c1-8-11(6)13(16)14-12(7)15(9(2)3)10(4)5/h9-10,12H,6,8H2,1-5,7H3,(H,14,16). The van der Waals surface area contributed by atoms with Crippen molar-refractivity contribution < 1.29 is 4.79 Å². The summed E-state index contributed by atoms with van der Waals surface area (Å²) in [6.45, 7) is 16.2. The quantitative estimate of drug-likeness (QED) is 0.557. The molecule has 3 heteroatoms. The molecule has 1 atom stereocenters. The minimum absolute atomic E-state index is 0.0378. The fourth-order valence-corrected chi connectivity index (χ4v) is 2.02. The highest BCUT2D eigenvalue weighted by molar-refractivity contribution is 5.92. The van der Waals surface area contributed by atoms with Gasteiger partial charge in [-0.05, 0) is 41.0 Å². The Morgan fingerprint density at radius 1 is 1.19 bits per heavy atom. The lowest BCUT2D eigenvalue weighted by molar-refractivity contribution is -0.119. The van der Waals surface area contributed by atoms with Crippen LogP contribution >= 0.6 is 0 Å². The summed E-state index contributed by atoms with van der Waals surface area (Å²) in [5.74, 6) is -0.0405. The molecule has 0 saturated carbocycles. The third-order valence-corrected chi connectivity index (χ3v) is 2.73. The number of nitrogens with one attached hydrogen (secondary N) is 1. The van der Waals surface area contributed by atoms with Crippen LogP contribution in [0.4, 0.5) is 0 Å². The molecule has 1 N–H and O–H groups in total. The van der Waals surface area contributed by atoms with Gasteiger partial charge in [0.2, 0.25) is 5.91 Å². The Morgan fingerprint density at radius 2 is 1.62 bits per heavy atom. The summed E-state index contributed by atoms with van der Waals surface area (Å²) < 4.78 is 0. The van der Waals surface area contributed by atoms with Gasteiger partial charge in [-0.25, -0.2) is 0 Å². The van der Waals surface area contributed by atoms with Gasteiger partial charge in [0.25, 0.3) is 0 Å². The average Bonchev–Trinajstić information content (AvgIpc) is 2.14. The predicted octanol–water partition coefficient (Wildman–Crippen LogP) is 2.53. The average molecular weight is 226 g/mol. The van der Waals surface area contributed by atoms with Gasteiger partial charge in [-0.2, -0.15) is 0 Å². The van der Waals surface area contributed by atoms with Gasteiger partial charge in [-0.1, -0.05) is 13.5 Å². The van der Waals surface area contributed by atoms with E-state index in [1.165, 1.54) is 0 Å². The smallest absolute Gasteiger partial charge is 0.247 e. The molecule has 0 aliphatic rings. The molecule has 0 rings (SSSR count). The van der Waals surface area contributed by atoms with Crippen molar-refractivity contribution in [3.8, 4) is 0 Å². The third-order valence-electron chi connectivity index (χ3n) is 2.73. The molecule has 0 saturated heterocycles. The first-order valence-corrected chi connectivity index (χ1v) is 6.07. The number of rotatable bonds is 6. The monoisotopic (exact) mass is 226 g/mol. The summed E-state index contributed by atoms with van der Waals surface area (Å²) in [6.07, 6.45) is 0.734. The van der Waals surface area contributed by atoms with Crippen molar-refractivity contribution in [1.29, 1.82) is 0 Å². The molecular weight excluding hydrogens is 200 g/mol. The Morgan fingerprint density at radius 3 is 1.94 bits per heavy atom. The minimum atomic E-state index is -0.0405. The zero-order valence-corrected chi connectivity index (χ0v) is 11.5. The second kappa shape index (κ2) is 6.69. The van der Waals surface area contributed by atoms with Crippen molar-refractivity contribution in [2.24, 2.45) is 0 Å². The summed E-state index contributed by atoms with van der Waals surface area (Å²) in [7, 11) is 0. The van der Waals surface area contributed by atoms with Crippen LogP contribution in [-0.4, -0.2) is 29.1 Å². The van der Waals surface area contributed by atoms with Crippen molar-refractivity contribution in [2.75, 3.05) is 0 Å². The van der Waals surface area contributed by atoms with Gasteiger partial charge >= 0.3 is 0 Å². The van der Waals surface area contributed by atoms with E-state index in [1.54, 1.807) is 0 Å². The third kappa shape index (κ3) is 4.35. The predicted molar refractivity (Wildman–Crippen MR) is 69.1 cm³/mol. The number of hydrogen-bond donors (Lipinski definition) is 1. The van der Waals surface area contributed by atoms with Crippen LogP contribution in [0.5, 0.6) is 0 Å². The van der Waals surface area contributed by atoms with Gasteiger partial charge in [0.1, 0.15) is 0 Å². The van der Waals surface area contributed by atoms with Gasteiger partial charge in [0, 0.05) is 17.7 Å². The van der Waals surface area contributed by atoms with E-state index in [-0.39, 0.29) is 12.1 Å². The Balaban J connectivity index is 4.48. The summed E-state index contributed by atoms with van der Waals surface area (Å²) in [6, 6.07) is 0.815. The van der Waals surface area contributed by atoms with Crippen molar-refractivity contribution in [1.82, 2.24) is 10.2 Å². The molecule has 0 fully saturated rings. The number of hydrogen-bond acceptors (Lipinski definition) is 2. The van der Waals surface area contributed by atoms with Gasteiger partial charge in [0.15, 0.2) is 0 Å². The van der Waals surface area contributed by atoms with Crippen molar-refractivity contribution in [3.05, 3.63) is 12.2 Å². The lowest BCUT2D eigenvalue weighted by Crippen LogP contribution is -2.52. The highest BCUT2D eigenvalue weighted by atomic mass is 16.1. The molecule has 1 unspecified atom stereocenters. The zero-order chi connectivity index (χ0) is 12.9. The molecule has 16 heavy (non-hydrogen) atoms. The van der Waals surface area contributed by atoms with Gasteiger partial charge < -0.3 is 5.32 Å². The van der Waals surface area contributed by atoms with E-state index in [1.807, 2.05) is 13.8 Å². The summed E-state index contributed by atoms with van der Waals surface area (Å²) in [4.78, 5) is 14.0. The molecule has 0 aromatic heterocycles. The van der Waals surface area contributed by atoms with Crippen LogP contribution in [0.3, 0.4) is 0 Å². The highest BCUT2D eigenvalue weighted by Crippen LogP contribution is 2.09. The summed E-state index contributed by atoms with van der Waals surface area (Å²) in [5.41, 5.74) is 0.638. The van der Waals surface area contributed by atoms with Crippen LogP contribution in [0.1, 0.15) is 48.0 Å². The minimum Gasteiger partial charge on any atom is -0.337 e. The summed E-state index contributed by atoms with van der Waals surface area (Å²) in [5, 5.41) is 2.98. The summed E-state index contributed by atoms with van der Waals surface area (Å²) >= 11 is 0. The molecular formula is C13H26N2O. The molecule has 0 aliphatic carbocycles. The van der Waals surface area contributed by atoms with Crippen LogP contribution < -0.4 is 5.32 Å². The maximum Gasteiger partial charge on any atom is 0.247 e. The Hall–Kier alpha value is -0.830. The molecule has 3 nitrogen and oxygen atoms in total. The molecule has 0 aromatic carbocycles. The fourth-order valence-electron chi connectivity index (χ4n) is 2.02. The largest absolute Gasteiger partial charge is 0.337 e. The van der Waals surface area contributed by atoms with E-state index in [2.05, 4.69) is 44.5 Å². The molecule has 0 radical (unpaired) electrons. The topological polar surface area (TPSA) is 32.3 Å².